The molecule has 30 heavy (non-hydrogen) atoms. The second-order valence-corrected chi connectivity index (χ2v) is 10.5. The second kappa shape index (κ2) is 9.63. The highest BCUT2D eigenvalue weighted by molar-refractivity contribution is 7.89. The summed E-state index contributed by atoms with van der Waals surface area (Å²) in [4.78, 5) is 2.97. The number of rotatable bonds is 7. The third-order valence-corrected chi connectivity index (χ3v) is 8.73. The minimum atomic E-state index is -3.50. The number of benzene rings is 2. The molecule has 0 aromatic heterocycles. The van der Waals surface area contributed by atoms with Gasteiger partial charge in [-0.25, -0.2) is 13.1 Å². The standard InChI is InChI=1S/C25H36N2O2S/c1-18-19(2)21(4)25(22(5)20(18)3)30(28,29)26-14-11-23-12-15-27(16-13-23)17-24-9-7-6-8-10-24/h6-10,23,26H,11-17H2,1-5H3. The van der Waals surface area contributed by atoms with E-state index in [0.717, 1.165) is 61.2 Å². The first-order chi connectivity index (χ1) is 14.2. The van der Waals surface area contributed by atoms with E-state index in [9.17, 15) is 8.42 Å². The molecule has 0 atom stereocenters. The Kier molecular flexibility index (Phi) is 7.38. The monoisotopic (exact) mass is 428 g/mol. The summed E-state index contributed by atoms with van der Waals surface area (Å²) >= 11 is 0. The van der Waals surface area contributed by atoms with Crippen LogP contribution in [0.3, 0.4) is 0 Å². The van der Waals surface area contributed by atoms with E-state index in [-0.39, 0.29) is 0 Å². The molecule has 1 heterocycles. The largest absolute Gasteiger partial charge is 0.299 e. The fourth-order valence-corrected chi connectivity index (χ4v) is 6.26. The van der Waals surface area contributed by atoms with Crippen LogP contribution >= 0.6 is 0 Å². The minimum absolute atomic E-state index is 0.473. The zero-order valence-electron chi connectivity index (χ0n) is 19.1. The van der Waals surface area contributed by atoms with Gasteiger partial charge in [0.2, 0.25) is 10.0 Å². The van der Waals surface area contributed by atoms with Crippen molar-refractivity contribution in [2.24, 2.45) is 5.92 Å². The van der Waals surface area contributed by atoms with Gasteiger partial charge < -0.3 is 0 Å². The maximum atomic E-state index is 13.1. The molecule has 0 radical (unpaired) electrons. The summed E-state index contributed by atoms with van der Waals surface area (Å²) in [6.07, 6.45) is 3.17. The highest BCUT2D eigenvalue weighted by Crippen LogP contribution is 2.29. The van der Waals surface area contributed by atoms with Crippen LogP contribution in [0.2, 0.25) is 0 Å². The molecule has 2 aromatic carbocycles. The van der Waals surface area contributed by atoms with E-state index < -0.39 is 10.0 Å². The van der Waals surface area contributed by atoms with Crippen LogP contribution in [-0.2, 0) is 16.6 Å². The zero-order valence-corrected chi connectivity index (χ0v) is 19.9. The number of piperidine rings is 1. The summed E-state index contributed by atoms with van der Waals surface area (Å²) in [6.45, 7) is 13.6. The second-order valence-electron chi connectivity index (χ2n) is 8.85. The van der Waals surface area contributed by atoms with Gasteiger partial charge in [-0.2, -0.15) is 0 Å². The van der Waals surface area contributed by atoms with Crippen molar-refractivity contribution >= 4 is 10.0 Å². The molecule has 164 valence electrons. The Hall–Kier alpha value is -1.69. The summed E-state index contributed by atoms with van der Waals surface area (Å²) in [6, 6.07) is 10.6. The number of hydrogen-bond donors (Lipinski definition) is 1. The molecule has 4 nitrogen and oxygen atoms in total. The SMILES string of the molecule is Cc1c(C)c(C)c(S(=O)(=O)NCCC2CCN(Cc3ccccc3)CC2)c(C)c1C. The van der Waals surface area contributed by atoms with E-state index in [4.69, 9.17) is 0 Å². The molecular weight excluding hydrogens is 392 g/mol. The van der Waals surface area contributed by atoms with Gasteiger partial charge in [0.25, 0.3) is 0 Å². The summed E-state index contributed by atoms with van der Waals surface area (Å²) in [5.74, 6) is 0.586. The van der Waals surface area contributed by atoms with Crippen molar-refractivity contribution in [3.8, 4) is 0 Å². The van der Waals surface area contributed by atoms with Crippen molar-refractivity contribution in [3.05, 3.63) is 63.7 Å². The van der Waals surface area contributed by atoms with Crippen molar-refractivity contribution in [1.29, 1.82) is 0 Å². The summed E-state index contributed by atoms with van der Waals surface area (Å²) in [5.41, 5.74) is 6.44. The van der Waals surface area contributed by atoms with E-state index in [0.29, 0.717) is 17.4 Å². The minimum Gasteiger partial charge on any atom is -0.299 e. The Morgan fingerprint density at radius 1 is 0.867 bits per heavy atom. The lowest BCUT2D eigenvalue weighted by molar-refractivity contribution is 0.173. The average Bonchev–Trinajstić information content (AvgIpc) is 2.73. The molecule has 1 aliphatic heterocycles. The van der Waals surface area contributed by atoms with Crippen molar-refractivity contribution in [1.82, 2.24) is 9.62 Å². The first-order valence-electron chi connectivity index (χ1n) is 11.0. The van der Waals surface area contributed by atoms with Gasteiger partial charge >= 0.3 is 0 Å². The van der Waals surface area contributed by atoms with Crippen LogP contribution in [0.1, 0.15) is 52.6 Å². The van der Waals surface area contributed by atoms with E-state index in [2.05, 4.69) is 46.9 Å². The van der Waals surface area contributed by atoms with Crippen LogP contribution in [0.4, 0.5) is 0 Å². The molecular formula is C25H36N2O2S. The van der Waals surface area contributed by atoms with Gasteiger partial charge in [0.05, 0.1) is 4.90 Å². The number of nitrogens with zero attached hydrogens (tertiary/aromatic N) is 1. The summed E-state index contributed by atoms with van der Waals surface area (Å²) in [5, 5.41) is 0. The molecule has 0 saturated carbocycles. The van der Waals surface area contributed by atoms with Gasteiger partial charge in [0.15, 0.2) is 0 Å². The van der Waals surface area contributed by atoms with Crippen LogP contribution in [0.15, 0.2) is 35.2 Å². The summed E-state index contributed by atoms with van der Waals surface area (Å²) in [7, 11) is -3.50. The predicted molar refractivity (Wildman–Crippen MR) is 124 cm³/mol. The van der Waals surface area contributed by atoms with Gasteiger partial charge in [-0.3, -0.25) is 4.90 Å². The van der Waals surface area contributed by atoms with E-state index in [1.165, 1.54) is 11.1 Å². The molecule has 0 spiro atoms. The molecule has 1 N–H and O–H groups in total. The smallest absolute Gasteiger partial charge is 0.241 e. The van der Waals surface area contributed by atoms with Crippen molar-refractivity contribution in [2.75, 3.05) is 19.6 Å². The van der Waals surface area contributed by atoms with E-state index in [1.54, 1.807) is 0 Å². The Bertz CT molecular complexity index is 947. The van der Waals surface area contributed by atoms with Gasteiger partial charge in [-0.1, -0.05) is 30.3 Å². The Balaban J connectivity index is 1.54. The predicted octanol–water partition coefficient (Wildman–Crippen LogP) is 4.81. The van der Waals surface area contributed by atoms with Crippen LogP contribution < -0.4 is 4.72 Å². The van der Waals surface area contributed by atoms with E-state index >= 15 is 0 Å². The molecule has 0 aliphatic carbocycles. The lowest BCUT2D eigenvalue weighted by Gasteiger charge is -2.32. The zero-order chi connectivity index (χ0) is 21.9. The lowest BCUT2D eigenvalue weighted by atomic mass is 9.93. The third-order valence-electron chi connectivity index (χ3n) is 7.00. The first-order valence-corrected chi connectivity index (χ1v) is 12.5. The maximum absolute atomic E-state index is 13.1. The first kappa shape index (κ1) is 23.0. The molecule has 0 unspecified atom stereocenters. The average molecular weight is 429 g/mol. The molecule has 3 rings (SSSR count). The Morgan fingerprint density at radius 3 is 1.97 bits per heavy atom. The molecule has 1 aliphatic rings. The van der Waals surface area contributed by atoms with Crippen LogP contribution in [0, 0.1) is 40.5 Å². The van der Waals surface area contributed by atoms with Crippen molar-refractivity contribution < 1.29 is 8.42 Å². The number of hydrogen-bond acceptors (Lipinski definition) is 3. The molecule has 0 amide bonds. The summed E-state index contributed by atoms with van der Waals surface area (Å²) < 4.78 is 29.0. The molecule has 5 heteroatoms. The molecule has 1 fully saturated rings. The van der Waals surface area contributed by atoms with Crippen LogP contribution in [0.5, 0.6) is 0 Å². The quantitative estimate of drug-likeness (QED) is 0.688. The molecule has 1 saturated heterocycles. The highest BCUT2D eigenvalue weighted by Gasteiger charge is 2.24. The van der Waals surface area contributed by atoms with Crippen LogP contribution in [0.25, 0.3) is 0 Å². The number of sulfonamides is 1. The van der Waals surface area contributed by atoms with Gasteiger partial charge in [-0.05, 0) is 106 Å². The van der Waals surface area contributed by atoms with Gasteiger partial charge in [-0.15, -0.1) is 0 Å². The topological polar surface area (TPSA) is 49.4 Å². The number of likely N-dealkylation sites (tertiary alicyclic amines) is 1. The number of nitrogens with one attached hydrogen (secondary N) is 1. The highest BCUT2D eigenvalue weighted by atomic mass is 32.2. The maximum Gasteiger partial charge on any atom is 0.241 e. The van der Waals surface area contributed by atoms with Gasteiger partial charge in [0, 0.05) is 13.1 Å². The Labute approximate surface area is 182 Å². The third kappa shape index (κ3) is 5.13. The lowest BCUT2D eigenvalue weighted by Crippen LogP contribution is -2.35. The molecule has 0 bridgehead atoms. The van der Waals surface area contributed by atoms with Crippen molar-refractivity contribution in [2.45, 2.75) is 65.3 Å². The van der Waals surface area contributed by atoms with Crippen molar-refractivity contribution in [3.63, 3.8) is 0 Å². The van der Waals surface area contributed by atoms with E-state index in [1.807, 2.05) is 27.7 Å². The Morgan fingerprint density at radius 2 is 1.40 bits per heavy atom. The van der Waals surface area contributed by atoms with Gasteiger partial charge in [0.1, 0.15) is 0 Å². The fraction of sp³-hybridized carbons (Fsp3) is 0.520. The normalized spacial score (nSPS) is 16.2. The fourth-order valence-electron chi connectivity index (χ4n) is 4.61. The molecule has 2 aromatic rings. The van der Waals surface area contributed by atoms with Crippen LogP contribution in [-0.4, -0.2) is 33.0 Å².